The predicted octanol–water partition coefficient (Wildman–Crippen LogP) is 2.47. The number of nitrogens with two attached hydrogens (primary N) is 2. The molecule has 4 heteroatoms. The Morgan fingerprint density at radius 3 is 2.63 bits per heavy atom. The van der Waals surface area contributed by atoms with Crippen LogP contribution in [0.3, 0.4) is 0 Å². The maximum absolute atomic E-state index is 6.13. The predicted molar refractivity (Wildman–Crippen MR) is 77.0 cm³/mol. The monoisotopic (exact) mass is 257 g/mol. The molecule has 0 spiro atoms. The summed E-state index contributed by atoms with van der Waals surface area (Å²) in [7, 11) is 0. The Morgan fingerprint density at radius 2 is 1.84 bits per heavy atom. The zero-order valence-electron chi connectivity index (χ0n) is 10.9. The zero-order chi connectivity index (χ0) is 13.2. The van der Waals surface area contributed by atoms with Crippen molar-refractivity contribution >= 4 is 16.6 Å². The minimum absolute atomic E-state index is 0.264. The number of nitrogens with zero attached hydrogens (tertiary/aromatic N) is 1. The van der Waals surface area contributed by atoms with Crippen molar-refractivity contribution in [2.24, 2.45) is 5.73 Å². The van der Waals surface area contributed by atoms with Crippen LogP contribution in [0.25, 0.3) is 10.8 Å². The van der Waals surface area contributed by atoms with E-state index in [1.54, 1.807) is 6.20 Å². The number of fused-ring (bicyclic) bond motifs is 1. The number of benzene rings is 1. The van der Waals surface area contributed by atoms with Crippen molar-refractivity contribution in [3.05, 3.63) is 30.5 Å². The highest BCUT2D eigenvalue weighted by atomic mass is 16.5. The number of rotatable bonds is 2. The maximum Gasteiger partial charge on any atom is 0.131 e. The van der Waals surface area contributed by atoms with Crippen LogP contribution in [0, 0.1) is 0 Å². The van der Waals surface area contributed by atoms with Gasteiger partial charge in [-0.3, -0.25) is 0 Å². The number of aromatic nitrogens is 1. The van der Waals surface area contributed by atoms with Crippen molar-refractivity contribution in [3.8, 4) is 5.75 Å². The van der Waals surface area contributed by atoms with Crippen LogP contribution in [0.1, 0.15) is 25.7 Å². The summed E-state index contributed by atoms with van der Waals surface area (Å²) in [6.45, 7) is 0. The molecule has 2 aromatic rings. The van der Waals surface area contributed by atoms with E-state index in [4.69, 9.17) is 16.2 Å². The van der Waals surface area contributed by atoms with Gasteiger partial charge in [0.15, 0.2) is 0 Å². The molecule has 1 saturated carbocycles. The summed E-state index contributed by atoms with van der Waals surface area (Å²) < 4.78 is 6.13. The van der Waals surface area contributed by atoms with Crippen LogP contribution in [-0.2, 0) is 0 Å². The minimum Gasteiger partial charge on any atom is -0.490 e. The smallest absolute Gasteiger partial charge is 0.131 e. The van der Waals surface area contributed by atoms with Crippen molar-refractivity contribution in [2.45, 2.75) is 37.8 Å². The third-order valence-electron chi connectivity index (χ3n) is 3.81. The van der Waals surface area contributed by atoms with E-state index in [0.29, 0.717) is 11.9 Å². The van der Waals surface area contributed by atoms with Crippen molar-refractivity contribution < 1.29 is 4.74 Å². The fraction of sp³-hybridized carbons (Fsp3) is 0.400. The first-order chi connectivity index (χ1) is 9.24. The summed E-state index contributed by atoms with van der Waals surface area (Å²) in [5.74, 6) is 1.45. The lowest BCUT2D eigenvalue weighted by Gasteiger charge is -2.27. The number of ether oxygens (including phenoxy) is 1. The molecule has 0 atom stereocenters. The molecule has 1 aromatic heterocycles. The molecule has 0 radical (unpaired) electrons. The molecule has 0 amide bonds. The molecule has 3 rings (SSSR count). The van der Waals surface area contributed by atoms with Gasteiger partial charge in [0.1, 0.15) is 11.6 Å². The van der Waals surface area contributed by atoms with Gasteiger partial charge < -0.3 is 16.2 Å². The third-order valence-corrected chi connectivity index (χ3v) is 3.81. The highest BCUT2D eigenvalue weighted by Gasteiger charge is 2.20. The Labute approximate surface area is 112 Å². The minimum atomic E-state index is 0.264. The zero-order valence-corrected chi connectivity index (χ0v) is 10.9. The molecule has 1 aromatic carbocycles. The third kappa shape index (κ3) is 2.49. The molecule has 1 aliphatic carbocycles. The first kappa shape index (κ1) is 12.2. The van der Waals surface area contributed by atoms with Crippen molar-refractivity contribution in [3.63, 3.8) is 0 Å². The number of anilines is 1. The average Bonchev–Trinajstić information content (AvgIpc) is 2.43. The van der Waals surface area contributed by atoms with Gasteiger partial charge in [-0.2, -0.15) is 0 Å². The molecule has 1 fully saturated rings. The van der Waals surface area contributed by atoms with Gasteiger partial charge in [0.2, 0.25) is 0 Å². The van der Waals surface area contributed by atoms with E-state index in [9.17, 15) is 0 Å². The van der Waals surface area contributed by atoms with E-state index < -0.39 is 0 Å². The van der Waals surface area contributed by atoms with E-state index in [0.717, 1.165) is 42.2 Å². The van der Waals surface area contributed by atoms with Crippen LogP contribution in [0.4, 0.5) is 5.82 Å². The molecule has 100 valence electrons. The molecular formula is C15H19N3O. The van der Waals surface area contributed by atoms with Crippen LogP contribution in [0.15, 0.2) is 30.5 Å². The molecule has 19 heavy (non-hydrogen) atoms. The van der Waals surface area contributed by atoms with Gasteiger partial charge in [-0.15, -0.1) is 0 Å². The lowest BCUT2D eigenvalue weighted by molar-refractivity contribution is 0.149. The van der Waals surface area contributed by atoms with Crippen LogP contribution in [0.2, 0.25) is 0 Å². The van der Waals surface area contributed by atoms with E-state index in [1.807, 2.05) is 24.3 Å². The first-order valence-corrected chi connectivity index (χ1v) is 6.79. The molecule has 4 nitrogen and oxygen atoms in total. The van der Waals surface area contributed by atoms with Crippen LogP contribution >= 0.6 is 0 Å². The topological polar surface area (TPSA) is 74.2 Å². The van der Waals surface area contributed by atoms with Crippen molar-refractivity contribution in [1.29, 1.82) is 0 Å². The highest BCUT2D eigenvalue weighted by Crippen LogP contribution is 2.31. The molecular weight excluding hydrogens is 238 g/mol. The number of pyridine rings is 1. The van der Waals surface area contributed by atoms with Gasteiger partial charge in [-0.05, 0) is 37.8 Å². The summed E-state index contributed by atoms with van der Waals surface area (Å²) in [6, 6.07) is 8.23. The van der Waals surface area contributed by atoms with Gasteiger partial charge in [0, 0.05) is 23.0 Å². The maximum atomic E-state index is 6.13. The Balaban J connectivity index is 1.87. The van der Waals surface area contributed by atoms with Gasteiger partial charge in [0.05, 0.1) is 6.10 Å². The van der Waals surface area contributed by atoms with E-state index in [1.165, 1.54) is 0 Å². The quantitative estimate of drug-likeness (QED) is 0.866. The number of nitrogen functional groups attached to an aromatic ring is 1. The van der Waals surface area contributed by atoms with Crippen molar-refractivity contribution in [2.75, 3.05) is 5.73 Å². The Bertz CT molecular complexity index is 577. The van der Waals surface area contributed by atoms with Crippen LogP contribution in [-0.4, -0.2) is 17.1 Å². The van der Waals surface area contributed by atoms with Gasteiger partial charge in [0.25, 0.3) is 0 Å². The average molecular weight is 257 g/mol. The second-order valence-corrected chi connectivity index (χ2v) is 5.20. The van der Waals surface area contributed by atoms with Gasteiger partial charge in [-0.1, -0.05) is 12.1 Å². The summed E-state index contributed by atoms with van der Waals surface area (Å²) in [5, 5.41) is 1.98. The summed E-state index contributed by atoms with van der Waals surface area (Å²) >= 11 is 0. The van der Waals surface area contributed by atoms with Gasteiger partial charge in [-0.25, -0.2) is 4.98 Å². The fourth-order valence-corrected chi connectivity index (χ4v) is 2.69. The lowest BCUT2D eigenvalue weighted by atomic mass is 9.93. The number of hydrogen-bond donors (Lipinski definition) is 2. The Kier molecular flexibility index (Phi) is 3.25. The largest absolute Gasteiger partial charge is 0.490 e. The molecule has 0 bridgehead atoms. The Morgan fingerprint density at radius 1 is 1.05 bits per heavy atom. The molecule has 1 aliphatic rings. The molecule has 0 unspecified atom stereocenters. The first-order valence-electron chi connectivity index (χ1n) is 6.79. The molecule has 0 saturated heterocycles. The lowest BCUT2D eigenvalue weighted by Crippen LogP contribution is -2.31. The summed E-state index contributed by atoms with van der Waals surface area (Å²) in [6.07, 6.45) is 6.12. The molecule has 0 aliphatic heterocycles. The summed E-state index contributed by atoms with van der Waals surface area (Å²) in [4.78, 5) is 4.11. The highest BCUT2D eigenvalue weighted by molar-refractivity contribution is 5.94. The molecule has 1 heterocycles. The SMILES string of the molecule is Nc1nccc2c(OC3CCC(N)CC3)cccc12. The second kappa shape index (κ2) is 5.05. The van der Waals surface area contributed by atoms with Crippen LogP contribution < -0.4 is 16.2 Å². The second-order valence-electron chi connectivity index (χ2n) is 5.20. The standard InChI is InChI=1S/C15H19N3O/c16-10-4-6-11(7-5-10)19-14-3-1-2-13-12(14)8-9-18-15(13)17/h1-3,8-11H,4-7,16H2,(H2,17,18). The Hall–Kier alpha value is -1.81. The van der Waals surface area contributed by atoms with E-state index in [-0.39, 0.29) is 6.10 Å². The molecule has 4 N–H and O–H groups in total. The van der Waals surface area contributed by atoms with Gasteiger partial charge >= 0.3 is 0 Å². The normalized spacial score (nSPS) is 23.4. The summed E-state index contributed by atoms with van der Waals surface area (Å²) in [5.41, 5.74) is 11.8. The van der Waals surface area contributed by atoms with Crippen molar-refractivity contribution in [1.82, 2.24) is 4.98 Å². The fourth-order valence-electron chi connectivity index (χ4n) is 2.69. The van der Waals surface area contributed by atoms with E-state index >= 15 is 0 Å². The van der Waals surface area contributed by atoms with E-state index in [2.05, 4.69) is 4.98 Å². The van der Waals surface area contributed by atoms with Crippen LogP contribution in [0.5, 0.6) is 5.75 Å². The number of hydrogen-bond acceptors (Lipinski definition) is 4.